The van der Waals surface area contributed by atoms with Crippen LogP contribution in [0, 0.1) is 5.92 Å². The molecule has 1 atom stereocenters. The predicted octanol–water partition coefficient (Wildman–Crippen LogP) is 3.53. The summed E-state index contributed by atoms with van der Waals surface area (Å²) in [6.45, 7) is 8.94. The molecule has 0 N–H and O–H groups in total. The number of halogens is 1. The minimum Gasteiger partial charge on any atom is -0.354 e. The SMILES string of the molecule is Brc1ccc2nc(CN3CCCC(CN4CCN(c5ccccn5)CC4)C3)cn2c1. The van der Waals surface area contributed by atoms with Crippen molar-refractivity contribution in [2.75, 3.05) is 50.7 Å². The first kappa shape index (κ1) is 20.0. The lowest BCUT2D eigenvalue weighted by Crippen LogP contribution is -2.49. The highest BCUT2D eigenvalue weighted by Crippen LogP contribution is 2.21. The van der Waals surface area contributed by atoms with Crippen molar-refractivity contribution in [2.45, 2.75) is 19.4 Å². The van der Waals surface area contributed by atoms with Crippen LogP contribution in [0.1, 0.15) is 18.5 Å². The summed E-state index contributed by atoms with van der Waals surface area (Å²) in [4.78, 5) is 17.0. The van der Waals surface area contributed by atoms with Gasteiger partial charge in [0.15, 0.2) is 0 Å². The molecule has 2 fully saturated rings. The van der Waals surface area contributed by atoms with Gasteiger partial charge in [0, 0.05) is 68.9 Å². The highest BCUT2D eigenvalue weighted by Gasteiger charge is 2.25. The average Bonchev–Trinajstić information content (AvgIpc) is 3.16. The van der Waals surface area contributed by atoms with E-state index in [4.69, 9.17) is 4.98 Å². The summed E-state index contributed by atoms with van der Waals surface area (Å²) in [6, 6.07) is 10.3. The van der Waals surface area contributed by atoms with Crippen molar-refractivity contribution in [2.24, 2.45) is 5.92 Å². The van der Waals surface area contributed by atoms with Crippen LogP contribution in [0.4, 0.5) is 5.82 Å². The molecule has 0 saturated carbocycles. The second-order valence-electron chi connectivity index (χ2n) is 8.56. The molecular weight excluding hydrogens is 440 g/mol. The highest BCUT2D eigenvalue weighted by molar-refractivity contribution is 9.10. The fourth-order valence-corrected chi connectivity index (χ4v) is 5.18. The van der Waals surface area contributed by atoms with E-state index in [1.807, 2.05) is 12.3 Å². The maximum atomic E-state index is 4.80. The van der Waals surface area contributed by atoms with E-state index in [1.165, 1.54) is 32.5 Å². The van der Waals surface area contributed by atoms with Crippen LogP contribution in [0.25, 0.3) is 5.65 Å². The zero-order valence-electron chi connectivity index (χ0n) is 17.3. The number of hydrogen-bond donors (Lipinski definition) is 0. The van der Waals surface area contributed by atoms with Gasteiger partial charge in [-0.1, -0.05) is 6.07 Å². The standard InChI is InChI=1S/C23H29BrN6/c24-20-6-7-23-26-21(18-30(23)16-20)17-28-9-3-4-19(15-28)14-27-10-12-29(13-11-27)22-5-1-2-8-25-22/h1-2,5-8,16,18-19H,3-4,9-15,17H2. The lowest BCUT2D eigenvalue weighted by atomic mass is 9.97. The van der Waals surface area contributed by atoms with E-state index < -0.39 is 0 Å². The number of pyridine rings is 2. The van der Waals surface area contributed by atoms with E-state index in [-0.39, 0.29) is 0 Å². The number of fused-ring (bicyclic) bond motifs is 1. The first-order valence-corrected chi connectivity index (χ1v) is 11.8. The first-order chi connectivity index (χ1) is 14.7. The van der Waals surface area contributed by atoms with Gasteiger partial charge in [-0.15, -0.1) is 0 Å². The third-order valence-corrected chi connectivity index (χ3v) is 6.78. The molecule has 7 heteroatoms. The average molecular weight is 469 g/mol. The molecule has 2 aliphatic rings. The number of hydrogen-bond acceptors (Lipinski definition) is 5. The van der Waals surface area contributed by atoms with Gasteiger partial charge in [0.2, 0.25) is 0 Å². The summed E-state index contributed by atoms with van der Waals surface area (Å²) in [5.41, 5.74) is 2.19. The summed E-state index contributed by atoms with van der Waals surface area (Å²) in [5, 5.41) is 0. The molecule has 0 spiro atoms. The Kier molecular flexibility index (Phi) is 6.02. The number of piperidine rings is 1. The Labute approximate surface area is 186 Å². The highest BCUT2D eigenvalue weighted by atomic mass is 79.9. The number of anilines is 1. The summed E-state index contributed by atoms with van der Waals surface area (Å²) in [6.07, 6.45) is 8.77. The Morgan fingerprint density at radius 3 is 2.70 bits per heavy atom. The monoisotopic (exact) mass is 468 g/mol. The van der Waals surface area contributed by atoms with Crippen molar-refractivity contribution in [1.82, 2.24) is 24.2 Å². The van der Waals surface area contributed by atoms with Gasteiger partial charge in [0.05, 0.1) is 5.69 Å². The normalized spacial score (nSPS) is 21.4. The minimum absolute atomic E-state index is 0.756. The molecule has 6 nitrogen and oxygen atoms in total. The molecule has 0 radical (unpaired) electrons. The molecule has 0 aliphatic carbocycles. The van der Waals surface area contributed by atoms with Crippen LogP contribution in [0.2, 0.25) is 0 Å². The number of likely N-dealkylation sites (tertiary alicyclic amines) is 1. The van der Waals surface area contributed by atoms with Crippen LogP contribution in [-0.2, 0) is 6.54 Å². The second-order valence-corrected chi connectivity index (χ2v) is 9.48. The van der Waals surface area contributed by atoms with Crippen LogP contribution in [-0.4, -0.2) is 70.0 Å². The smallest absolute Gasteiger partial charge is 0.137 e. The largest absolute Gasteiger partial charge is 0.354 e. The predicted molar refractivity (Wildman–Crippen MR) is 124 cm³/mol. The number of rotatable bonds is 5. The first-order valence-electron chi connectivity index (χ1n) is 11.0. The third-order valence-electron chi connectivity index (χ3n) is 6.32. The maximum absolute atomic E-state index is 4.80. The summed E-state index contributed by atoms with van der Waals surface area (Å²) in [7, 11) is 0. The molecule has 0 aromatic carbocycles. The van der Waals surface area contributed by atoms with Crippen LogP contribution in [0.3, 0.4) is 0 Å². The van der Waals surface area contributed by atoms with Crippen molar-refractivity contribution in [3.63, 3.8) is 0 Å². The van der Waals surface area contributed by atoms with Crippen molar-refractivity contribution in [3.8, 4) is 0 Å². The van der Waals surface area contributed by atoms with E-state index in [1.54, 1.807) is 0 Å². The zero-order chi connectivity index (χ0) is 20.3. The Morgan fingerprint density at radius 2 is 1.87 bits per heavy atom. The Bertz CT molecular complexity index is 966. The van der Waals surface area contributed by atoms with E-state index in [0.717, 1.165) is 60.3 Å². The van der Waals surface area contributed by atoms with Crippen molar-refractivity contribution >= 4 is 27.4 Å². The summed E-state index contributed by atoms with van der Waals surface area (Å²) in [5.74, 6) is 1.87. The van der Waals surface area contributed by atoms with Gasteiger partial charge in [-0.3, -0.25) is 9.80 Å². The third kappa shape index (κ3) is 4.68. The second kappa shape index (κ2) is 9.04. The van der Waals surface area contributed by atoms with E-state index in [9.17, 15) is 0 Å². The molecule has 0 bridgehead atoms. The van der Waals surface area contributed by atoms with Gasteiger partial charge in [-0.2, -0.15) is 0 Å². The molecule has 5 heterocycles. The number of aromatic nitrogens is 3. The topological polar surface area (TPSA) is 39.9 Å². The van der Waals surface area contributed by atoms with Crippen molar-refractivity contribution in [1.29, 1.82) is 0 Å². The molecule has 5 rings (SSSR count). The fourth-order valence-electron chi connectivity index (χ4n) is 4.83. The molecule has 3 aromatic rings. The summed E-state index contributed by atoms with van der Waals surface area (Å²) < 4.78 is 3.20. The van der Waals surface area contributed by atoms with Gasteiger partial charge < -0.3 is 9.30 Å². The number of imidazole rings is 1. The molecule has 2 saturated heterocycles. The van der Waals surface area contributed by atoms with Crippen molar-refractivity contribution < 1.29 is 0 Å². The quantitative estimate of drug-likeness (QED) is 0.572. The lowest BCUT2D eigenvalue weighted by molar-refractivity contribution is 0.124. The Balaban J connectivity index is 1.13. The van der Waals surface area contributed by atoms with Crippen LogP contribution >= 0.6 is 15.9 Å². The number of piperazine rings is 1. The van der Waals surface area contributed by atoms with Gasteiger partial charge in [0.1, 0.15) is 11.5 Å². The molecule has 0 amide bonds. The molecule has 158 valence electrons. The van der Waals surface area contributed by atoms with E-state index >= 15 is 0 Å². The van der Waals surface area contributed by atoms with Crippen LogP contribution < -0.4 is 4.90 Å². The molecule has 2 aliphatic heterocycles. The Morgan fingerprint density at radius 1 is 0.967 bits per heavy atom. The molecular formula is C23H29BrN6. The minimum atomic E-state index is 0.756. The van der Waals surface area contributed by atoms with Gasteiger partial charge in [-0.05, 0) is 65.5 Å². The van der Waals surface area contributed by atoms with Gasteiger partial charge >= 0.3 is 0 Å². The zero-order valence-corrected chi connectivity index (χ0v) is 18.9. The van der Waals surface area contributed by atoms with Gasteiger partial charge in [0.25, 0.3) is 0 Å². The molecule has 3 aromatic heterocycles. The Hall–Kier alpha value is -1.96. The van der Waals surface area contributed by atoms with E-state index in [2.05, 4.69) is 76.7 Å². The van der Waals surface area contributed by atoms with Crippen LogP contribution in [0.5, 0.6) is 0 Å². The number of nitrogens with zero attached hydrogens (tertiary/aromatic N) is 6. The molecule has 30 heavy (non-hydrogen) atoms. The maximum Gasteiger partial charge on any atom is 0.137 e. The summed E-state index contributed by atoms with van der Waals surface area (Å²) >= 11 is 3.54. The van der Waals surface area contributed by atoms with Gasteiger partial charge in [-0.25, -0.2) is 9.97 Å². The molecule has 1 unspecified atom stereocenters. The van der Waals surface area contributed by atoms with Crippen molar-refractivity contribution in [3.05, 3.63) is 59.1 Å². The van der Waals surface area contributed by atoms with E-state index in [0.29, 0.717) is 0 Å². The fraction of sp³-hybridized carbons (Fsp3) is 0.478. The van der Waals surface area contributed by atoms with Crippen LogP contribution in [0.15, 0.2) is 53.4 Å². The lowest BCUT2D eigenvalue weighted by Gasteiger charge is -2.39.